The molecule has 0 saturated heterocycles. The molecular formula is C11H14N4O2. The van der Waals surface area contributed by atoms with Crippen LogP contribution in [0.2, 0.25) is 0 Å². The first-order chi connectivity index (χ1) is 8.38. The summed E-state index contributed by atoms with van der Waals surface area (Å²) in [5, 5.41) is 6.78. The Morgan fingerprint density at radius 2 is 2.35 bits per heavy atom. The van der Waals surface area contributed by atoms with Gasteiger partial charge in [0, 0.05) is 25.6 Å². The molecule has 90 valence electrons. The van der Waals surface area contributed by atoms with Crippen LogP contribution in [0.4, 0.5) is 0 Å². The highest BCUT2D eigenvalue weighted by Crippen LogP contribution is 2.06. The monoisotopic (exact) mass is 234 g/mol. The molecule has 0 saturated carbocycles. The van der Waals surface area contributed by atoms with Crippen LogP contribution in [0.25, 0.3) is 0 Å². The van der Waals surface area contributed by atoms with Crippen molar-refractivity contribution in [3.63, 3.8) is 0 Å². The van der Waals surface area contributed by atoms with Crippen LogP contribution in [0.3, 0.4) is 0 Å². The highest BCUT2D eigenvalue weighted by Gasteiger charge is 2.00. The Hall–Kier alpha value is -1.95. The number of methoxy groups -OCH3 is 1. The van der Waals surface area contributed by atoms with Crippen LogP contribution >= 0.6 is 0 Å². The van der Waals surface area contributed by atoms with Crippen molar-refractivity contribution in [3.05, 3.63) is 36.1 Å². The molecule has 0 radical (unpaired) electrons. The number of ether oxygens (including phenoxy) is 1. The van der Waals surface area contributed by atoms with Gasteiger partial charge in [0.05, 0.1) is 12.8 Å². The summed E-state index contributed by atoms with van der Waals surface area (Å²) in [5.41, 5.74) is 0.940. The Morgan fingerprint density at radius 1 is 1.41 bits per heavy atom. The zero-order chi connectivity index (χ0) is 11.9. The molecular weight excluding hydrogens is 220 g/mol. The lowest BCUT2D eigenvalue weighted by Gasteiger charge is -2.04. The fourth-order valence-corrected chi connectivity index (χ4v) is 1.39. The van der Waals surface area contributed by atoms with Crippen molar-refractivity contribution >= 4 is 0 Å². The third-order valence-electron chi connectivity index (χ3n) is 2.22. The average Bonchev–Trinajstić information content (AvgIpc) is 2.88. The van der Waals surface area contributed by atoms with Crippen molar-refractivity contribution in [2.24, 2.45) is 0 Å². The molecule has 2 rings (SSSR count). The highest BCUT2D eigenvalue weighted by molar-refractivity contribution is 5.15. The summed E-state index contributed by atoms with van der Waals surface area (Å²) in [7, 11) is 1.61. The number of hydrogen-bond donors (Lipinski definition) is 1. The van der Waals surface area contributed by atoms with Crippen LogP contribution in [-0.4, -0.2) is 28.8 Å². The topological polar surface area (TPSA) is 73.1 Å². The number of rotatable bonds is 6. The molecule has 2 aromatic heterocycles. The predicted octanol–water partition coefficient (Wildman–Crippen LogP) is 0.805. The SMILES string of the molecule is COc1cccc(CNCCc2ncno2)n1. The van der Waals surface area contributed by atoms with Crippen LogP contribution in [0.5, 0.6) is 5.88 Å². The van der Waals surface area contributed by atoms with Crippen molar-refractivity contribution in [2.75, 3.05) is 13.7 Å². The third kappa shape index (κ3) is 3.53. The molecule has 0 unspecified atom stereocenters. The zero-order valence-corrected chi connectivity index (χ0v) is 9.59. The first-order valence-electron chi connectivity index (χ1n) is 5.34. The minimum absolute atomic E-state index is 0.626. The number of nitrogens with one attached hydrogen (secondary N) is 1. The number of hydrogen-bond acceptors (Lipinski definition) is 6. The lowest BCUT2D eigenvalue weighted by atomic mass is 10.3. The minimum Gasteiger partial charge on any atom is -0.481 e. The Balaban J connectivity index is 1.74. The molecule has 0 amide bonds. The van der Waals surface area contributed by atoms with Gasteiger partial charge in [0.2, 0.25) is 11.8 Å². The molecule has 0 spiro atoms. The molecule has 0 atom stereocenters. The molecule has 1 N–H and O–H groups in total. The molecule has 0 aromatic carbocycles. The van der Waals surface area contributed by atoms with Crippen LogP contribution in [0, 0.1) is 0 Å². The lowest BCUT2D eigenvalue weighted by molar-refractivity contribution is 0.374. The fraction of sp³-hybridized carbons (Fsp3) is 0.364. The van der Waals surface area contributed by atoms with E-state index in [4.69, 9.17) is 9.26 Å². The van der Waals surface area contributed by atoms with E-state index in [1.54, 1.807) is 7.11 Å². The van der Waals surface area contributed by atoms with E-state index in [-0.39, 0.29) is 0 Å². The van der Waals surface area contributed by atoms with Gasteiger partial charge in [0.1, 0.15) is 0 Å². The van der Waals surface area contributed by atoms with Gasteiger partial charge in [-0.05, 0) is 6.07 Å². The molecule has 0 aliphatic heterocycles. The van der Waals surface area contributed by atoms with Crippen LogP contribution in [-0.2, 0) is 13.0 Å². The minimum atomic E-state index is 0.626. The first kappa shape index (κ1) is 11.5. The van der Waals surface area contributed by atoms with E-state index in [2.05, 4.69) is 20.4 Å². The van der Waals surface area contributed by atoms with E-state index in [0.717, 1.165) is 12.2 Å². The second-order valence-electron chi connectivity index (χ2n) is 3.43. The van der Waals surface area contributed by atoms with Gasteiger partial charge in [0.15, 0.2) is 6.33 Å². The molecule has 2 aromatic rings. The Kier molecular flexibility index (Phi) is 4.04. The van der Waals surface area contributed by atoms with Gasteiger partial charge in [-0.3, -0.25) is 0 Å². The highest BCUT2D eigenvalue weighted by atomic mass is 16.5. The van der Waals surface area contributed by atoms with Crippen LogP contribution in [0.1, 0.15) is 11.6 Å². The summed E-state index contributed by atoms with van der Waals surface area (Å²) >= 11 is 0. The molecule has 0 aliphatic rings. The van der Waals surface area contributed by atoms with Crippen molar-refractivity contribution in [1.82, 2.24) is 20.4 Å². The summed E-state index contributed by atoms with van der Waals surface area (Å²) in [6, 6.07) is 5.69. The van der Waals surface area contributed by atoms with E-state index in [1.165, 1.54) is 6.33 Å². The maximum atomic E-state index is 5.05. The summed E-state index contributed by atoms with van der Waals surface area (Å²) < 4.78 is 9.93. The van der Waals surface area contributed by atoms with E-state index in [1.807, 2.05) is 18.2 Å². The summed E-state index contributed by atoms with van der Waals surface area (Å²) in [6.07, 6.45) is 2.11. The van der Waals surface area contributed by atoms with Crippen molar-refractivity contribution < 1.29 is 9.26 Å². The molecule has 0 bridgehead atoms. The lowest BCUT2D eigenvalue weighted by Crippen LogP contribution is -2.17. The second-order valence-corrected chi connectivity index (χ2v) is 3.43. The van der Waals surface area contributed by atoms with E-state index < -0.39 is 0 Å². The summed E-state index contributed by atoms with van der Waals surface area (Å²) in [4.78, 5) is 8.22. The van der Waals surface area contributed by atoms with E-state index in [0.29, 0.717) is 24.7 Å². The molecule has 2 heterocycles. The molecule has 17 heavy (non-hydrogen) atoms. The first-order valence-corrected chi connectivity index (χ1v) is 5.34. The van der Waals surface area contributed by atoms with Gasteiger partial charge < -0.3 is 14.6 Å². The van der Waals surface area contributed by atoms with Crippen molar-refractivity contribution in [3.8, 4) is 5.88 Å². The third-order valence-corrected chi connectivity index (χ3v) is 2.22. The maximum Gasteiger partial charge on any atom is 0.227 e. The van der Waals surface area contributed by atoms with Crippen molar-refractivity contribution in [2.45, 2.75) is 13.0 Å². The Morgan fingerprint density at radius 3 is 3.12 bits per heavy atom. The standard InChI is InChI=1S/C11H14N4O2/c1-16-11-4-2-3-9(15-11)7-12-6-5-10-13-8-14-17-10/h2-4,8,12H,5-7H2,1H3. The number of pyridine rings is 1. The Labute approximate surface area is 99.0 Å². The molecule has 6 nitrogen and oxygen atoms in total. The summed E-state index contributed by atoms with van der Waals surface area (Å²) in [5.74, 6) is 1.26. The fourth-order valence-electron chi connectivity index (χ4n) is 1.39. The van der Waals surface area contributed by atoms with Gasteiger partial charge in [0.25, 0.3) is 0 Å². The number of nitrogens with zero attached hydrogens (tertiary/aromatic N) is 3. The normalized spacial score (nSPS) is 10.4. The Bertz CT molecular complexity index is 444. The number of aromatic nitrogens is 3. The average molecular weight is 234 g/mol. The molecule has 0 fully saturated rings. The predicted molar refractivity (Wildman–Crippen MR) is 60.5 cm³/mol. The largest absolute Gasteiger partial charge is 0.481 e. The van der Waals surface area contributed by atoms with Gasteiger partial charge in [-0.1, -0.05) is 11.2 Å². The quantitative estimate of drug-likeness (QED) is 0.745. The van der Waals surface area contributed by atoms with E-state index in [9.17, 15) is 0 Å². The van der Waals surface area contributed by atoms with Gasteiger partial charge >= 0.3 is 0 Å². The molecule has 6 heteroatoms. The van der Waals surface area contributed by atoms with Gasteiger partial charge in [-0.15, -0.1) is 0 Å². The van der Waals surface area contributed by atoms with Gasteiger partial charge in [-0.2, -0.15) is 4.98 Å². The smallest absolute Gasteiger partial charge is 0.227 e. The summed E-state index contributed by atoms with van der Waals surface area (Å²) in [6.45, 7) is 1.45. The van der Waals surface area contributed by atoms with E-state index >= 15 is 0 Å². The second kappa shape index (κ2) is 5.95. The molecule has 0 aliphatic carbocycles. The zero-order valence-electron chi connectivity index (χ0n) is 9.59. The van der Waals surface area contributed by atoms with Crippen LogP contribution < -0.4 is 10.1 Å². The van der Waals surface area contributed by atoms with Crippen LogP contribution in [0.15, 0.2) is 29.0 Å². The van der Waals surface area contributed by atoms with Crippen molar-refractivity contribution in [1.29, 1.82) is 0 Å². The van der Waals surface area contributed by atoms with Gasteiger partial charge in [-0.25, -0.2) is 4.98 Å². The maximum absolute atomic E-state index is 5.05.